The third-order valence-electron chi connectivity index (χ3n) is 5.33. The van der Waals surface area contributed by atoms with E-state index in [-0.39, 0.29) is 5.91 Å². The molecule has 1 aromatic heterocycles. The van der Waals surface area contributed by atoms with Crippen LogP contribution in [0, 0.1) is 0 Å². The summed E-state index contributed by atoms with van der Waals surface area (Å²) >= 11 is 0. The SMILES string of the molecule is CCN(CC)c1onc(-c2ccccc2)c1CN(CCOC)C(=O)Cc1ccccc1. The van der Waals surface area contributed by atoms with Gasteiger partial charge in [0.2, 0.25) is 11.8 Å². The van der Waals surface area contributed by atoms with Crippen molar-refractivity contribution in [2.24, 2.45) is 0 Å². The molecule has 1 heterocycles. The van der Waals surface area contributed by atoms with Crippen molar-refractivity contribution in [3.63, 3.8) is 0 Å². The lowest BCUT2D eigenvalue weighted by Crippen LogP contribution is -2.35. The molecule has 3 aromatic rings. The summed E-state index contributed by atoms with van der Waals surface area (Å²) in [6.45, 7) is 7.13. The molecule has 1 amide bonds. The molecule has 6 nitrogen and oxygen atoms in total. The van der Waals surface area contributed by atoms with E-state index in [9.17, 15) is 4.79 Å². The number of rotatable bonds is 11. The molecule has 0 N–H and O–H groups in total. The Morgan fingerprint density at radius 2 is 1.65 bits per heavy atom. The molecule has 0 fully saturated rings. The number of nitrogens with zero attached hydrogens (tertiary/aromatic N) is 3. The van der Waals surface area contributed by atoms with E-state index in [1.807, 2.05) is 65.6 Å². The molecule has 0 bridgehead atoms. The van der Waals surface area contributed by atoms with E-state index in [1.54, 1.807) is 7.11 Å². The zero-order valence-electron chi connectivity index (χ0n) is 18.6. The Hall–Kier alpha value is -3.12. The minimum absolute atomic E-state index is 0.0500. The van der Waals surface area contributed by atoms with Crippen LogP contribution < -0.4 is 4.90 Å². The Kier molecular flexibility index (Phi) is 8.24. The van der Waals surface area contributed by atoms with Crippen molar-refractivity contribution in [1.82, 2.24) is 10.1 Å². The average Bonchev–Trinajstić information content (AvgIpc) is 3.22. The second-order valence-electron chi connectivity index (χ2n) is 7.32. The summed E-state index contributed by atoms with van der Waals surface area (Å²) in [5.74, 6) is 0.771. The van der Waals surface area contributed by atoms with Gasteiger partial charge in [0.25, 0.3) is 0 Å². The number of methoxy groups -OCH3 is 1. The molecule has 0 unspecified atom stereocenters. The van der Waals surface area contributed by atoms with Crippen molar-refractivity contribution in [3.8, 4) is 11.3 Å². The second-order valence-corrected chi connectivity index (χ2v) is 7.32. The molecule has 31 heavy (non-hydrogen) atoms. The fourth-order valence-electron chi connectivity index (χ4n) is 3.59. The van der Waals surface area contributed by atoms with Gasteiger partial charge in [-0.1, -0.05) is 65.8 Å². The monoisotopic (exact) mass is 421 g/mol. The van der Waals surface area contributed by atoms with Crippen LogP contribution in [-0.4, -0.2) is 49.3 Å². The lowest BCUT2D eigenvalue weighted by atomic mass is 10.1. The van der Waals surface area contributed by atoms with Gasteiger partial charge in [-0.15, -0.1) is 0 Å². The summed E-state index contributed by atoms with van der Waals surface area (Å²) in [4.78, 5) is 17.2. The molecular formula is C25H31N3O3. The van der Waals surface area contributed by atoms with Crippen LogP contribution in [0.4, 0.5) is 5.88 Å². The molecule has 0 atom stereocenters. The van der Waals surface area contributed by atoms with Gasteiger partial charge in [0.15, 0.2) is 0 Å². The first-order chi connectivity index (χ1) is 15.2. The maximum Gasteiger partial charge on any atom is 0.232 e. The predicted molar refractivity (Wildman–Crippen MR) is 123 cm³/mol. The summed E-state index contributed by atoms with van der Waals surface area (Å²) in [5.41, 5.74) is 3.67. The Morgan fingerprint density at radius 1 is 1.00 bits per heavy atom. The molecule has 2 aromatic carbocycles. The van der Waals surface area contributed by atoms with Crippen molar-refractivity contribution in [1.29, 1.82) is 0 Å². The van der Waals surface area contributed by atoms with Crippen molar-refractivity contribution in [2.75, 3.05) is 38.3 Å². The van der Waals surface area contributed by atoms with Gasteiger partial charge in [-0.25, -0.2) is 0 Å². The number of ether oxygens (including phenoxy) is 1. The van der Waals surface area contributed by atoms with Crippen molar-refractivity contribution >= 4 is 11.8 Å². The van der Waals surface area contributed by atoms with Crippen LogP contribution in [0.5, 0.6) is 0 Å². The van der Waals surface area contributed by atoms with E-state index in [0.29, 0.717) is 26.1 Å². The maximum absolute atomic E-state index is 13.2. The zero-order chi connectivity index (χ0) is 22.1. The van der Waals surface area contributed by atoms with Crippen LogP contribution in [0.25, 0.3) is 11.3 Å². The van der Waals surface area contributed by atoms with E-state index >= 15 is 0 Å². The van der Waals surface area contributed by atoms with E-state index in [1.165, 1.54) is 0 Å². The lowest BCUT2D eigenvalue weighted by molar-refractivity contribution is -0.131. The molecule has 0 spiro atoms. The van der Waals surface area contributed by atoms with Crippen LogP contribution in [-0.2, 0) is 22.5 Å². The largest absolute Gasteiger partial charge is 0.383 e. The van der Waals surface area contributed by atoms with Gasteiger partial charge in [-0.05, 0) is 19.4 Å². The summed E-state index contributed by atoms with van der Waals surface area (Å²) in [6.07, 6.45) is 0.344. The highest BCUT2D eigenvalue weighted by Gasteiger charge is 2.25. The smallest absolute Gasteiger partial charge is 0.232 e. The van der Waals surface area contributed by atoms with Gasteiger partial charge in [0.05, 0.1) is 25.1 Å². The maximum atomic E-state index is 13.2. The van der Waals surface area contributed by atoms with Crippen LogP contribution >= 0.6 is 0 Å². The number of amides is 1. The first kappa shape index (κ1) is 22.6. The Labute approximate surface area is 184 Å². The van der Waals surface area contributed by atoms with Gasteiger partial charge in [-0.3, -0.25) is 4.79 Å². The number of hydrogen-bond acceptors (Lipinski definition) is 5. The predicted octanol–water partition coefficient (Wildman–Crippen LogP) is 4.41. The highest BCUT2D eigenvalue weighted by Crippen LogP contribution is 2.32. The molecule has 0 saturated carbocycles. The Balaban J connectivity index is 1.94. The van der Waals surface area contributed by atoms with Gasteiger partial charge in [0, 0.05) is 32.3 Å². The molecule has 0 radical (unpaired) electrons. The highest BCUT2D eigenvalue weighted by atomic mass is 16.5. The number of aromatic nitrogens is 1. The fourth-order valence-corrected chi connectivity index (χ4v) is 3.59. The minimum Gasteiger partial charge on any atom is -0.383 e. The molecule has 0 saturated heterocycles. The number of benzene rings is 2. The van der Waals surface area contributed by atoms with Gasteiger partial charge in [0.1, 0.15) is 5.69 Å². The van der Waals surface area contributed by atoms with Crippen molar-refractivity contribution < 1.29 is 14.1 Å². The normalized spacial score (nSPS) is 10.8. The van der Waals surface area contributed by atoms with E-state index < -0.39 is 0 Å². The first-order valence-electron chi connectivity index (χ1n) is 10.8. The fraction of sp³-hybridized carbons (Fsp3) is 0.360. The lowest BCUT2D eigenvalue weighted by Gasteiger charge is -2.25. The summed E-state index contributed by atoms with van der Waals surface area (Å²) < 4.78 is 11.1. The van der Waals surface area contributed by atoms with Gasteiger partial charge < -0.3 is 19.1 Å². The summed E-state index contributed by atoms with van der Waals surface area (Å²) in [7, 11) is 1.65. The molecule has 164 valence electrons. The van der Waals surface area contributed by atoms with Crippen molar-refractivity contribution in [3.05, 3.63) is 71.8 Å². The molecule has 0 aliphatic carbocycles. The minimum atomic E-state index is 0.0500. The highest BCUT2D eigenvalue weighted by molar-refractivity contribution is 5.79. The third kappa shape index (κ3) is 5.73. The van der Waals surface area contributed by atoms with E-state index in [4.69, 9.17) is 9.26 Å². The summed E-state index contributed by atoms with van der Waals surface area (Å²) in [5, 5.41) is 4.39. The average molecular weight is 422 g/mol. The topological polar surface area (TPSA) is 58.8 Å². The molecule has 0 aliphatic rings. The molecule has 6 heteroatoms. The van der Waals surface area contributed by atoms with Gasteiger partial charge >= 0.3 is 0 Å². The van der Waals surface area contributed by atoms with Crippen LogP contribution in [0.1, 0.15) is 25.0 Å². The molecule has 0 aliphatic heterocycles. The Bertz CT molecular complexity index is 937. The third-order valence-corrected chi connectivity index (χ3v) is 5.33. The number of carbonyl (C=O) groups is 1. The number of anilines is 1. The van der Waals surface area contributed by atoms with E-state index in [0.717, 1.165) is 41.4 Å². The zero-order valence-corrected chi connectivity index (χ0v) is 18.6. The van der Waals surface area contributed by atoms with Gasteiger partial charge in [-0.2, -0.15) is 0 Å². The van der Waals surface area contributed by atoms with Crippen molar-refractivity contribution in [2.45, 2.75) is 26.8 Å². The van der Waals surface area contributed by atoms with E-state index in [2.05, 4.69) is 23.9 Å². The number of carbonyl (C=O) groups excluding carboxylic acids is 1. The van der Waals surface area contributed by atoms with Crippen LogP contribution in [0.2, 0.25) is 0 Å². The Morgan fingerprint density at radius 3 is 2.26 bits per heavy atom. The first-order valence-corrected chi connectivity index (χ1v) is 10.8. The molecular weight excluding hydrogens is 390 g/mol. The quantitative estimate of drug-likeness (QED) is 0.459. The molecule has 3 rings (SSSR count). The second kappa shape index (κ2) is 11.3. The van der Waals surface area contributed by atoms with Crippen LogP contribution in [0.3, 0.4) is 0 Å². The summed E-state index contributed by atoms with van der Waals surface area (Å²) in [6, 6.07) is 19.8. The number of hydrogen-bond donors (Lipinski definition) is 0. The standard InChI is InChI=1S/C25H31N3O3/c1-4-27(5-2)25-22(24(26-31-25)21-14-10-7-11-15-21)19-28(16-17-30-3)23(29)18-20-12-8-6-9-13-20/h6-15H,4-5,16-19H2,1-3H3. The van der Waals surface area contributed by atoms with Crippen LogP contribution in [0.15, 0.2) is 65.2 Å².